The van der Waals surface area contributed by atoms with Crippen molar-refractivity contribution in [3.8, 4) is 0 Å². The molecule has 0 radical (unpaired) electrons. The van der Waals surface area contributed by atoms with E-state index < -0.39 is 0 Å². The first-order valence-corrected chi connectivity index (χ1v) is 6.51. The predicted octanol–water partition coefficient (Wildman–Crippen LogP) is 2.25. The van der Waals surface area contributed by atoms with E-state index in [4.69, 9.17) is 5.84 Å². The van der Waals surface area contributed by atoms with E-state index >= 15 is 0 Å². The van der Waals surface area contributed by atoms with Gasteiger partial charge in [0, 0.05) is 6.04 Å². The Kier molecular flexibility index (Phi) is 2.89. The number of fused-ring (bicyclic) bond motifs is 1. The molecule has 2 aliphatic rings. The number of hydrogen-bond acceptors (Lipinski definition) is 2. The molecule has 3 unspecified atom stereocenters. The Morgan fingerprint density at radius 2 is 2.00 bits per heavy atom. The number of rotatable bonds is 4. The van der Waals surface area contributed by atoms with Gasteiger partial charge in [0.25, 0.3) is 0 Å². The van der Waals surface area contributed by atoms with Gasteiger partial charge in [-0.15, -0.1) is 0 Å². The first-order chi connectivity index (χ1) is 8.31. The molecule has 3 heteroatoms. The van der Waals surface area contributed by atoms with Crippen molar-refractivity contribution in [3.05, 3.63) is 35.6 Å². The summed E-state index contributed by atoms with van der Waals surface area (Å²) in [6, 6.07) is 7.24. The second-order valence-electron chi connectivity index (χ2n) is 5.40. The van der Waals surface area contributed by atoms with Gasteiger partial charge in [-0.05, 0) is 48.6 Å². The molecule has 0 spiro atoms. The molecule has 0 saturated heterocycles. The van der Waals surface area contributed by atoms with Gasteiger partial charge in [0.15, 0.2) is 0 Å². The normalized spacial score (nSPS) is 32.2. The fraction of sp³-hybridized carbons (Fsp3) is 0.571. The molecule has 0 aromatic heterocycles. The Hall–Kier alpha value is -0.930. The lowest BCUT2D eigenvalue weighted by Crippen LogP contribution is -2.39. The highest BCUT2D eigenvalue weighted by Crippen LogP contribution is 2.59. The highest BCUT2D eigenvalue weighted by atomic mass is 19.1. The van der Waals surface area contributed by atoms with Gasteiger partial charge in [-0.25, -0.2) is 4.39 Å². The molecule has 2 saturated carbocycles. The summed E-state index contributed by atoms with van der Waals surface area (Å²) in [5, 5.41) is 0. The third-order valence-electron chi connectivity index (χ3n) is 4.55. The zero-order valence-electron chi connectivity index (χ0n) is 9.90. The van der Waals surface area contributed by atoms with Crippen molar-refractivity contribution in [2.24, 2.45) is 23.6 Å². The number of nitrogens with one attached hydrogen (secondary N) is 1. The summed E-state index contributed by atoms with van der Waals surface area (Å²) in [5.74, 6) is 7.90. The summed E-state index contributed by atoms with van der Waals surface area (Å²) in [4.78, 5) is 0. The zero-order chi connectivity index (χ0) is 11.8. The van der Waals surface area contributed by atoms with Crippen molar-refractivity contribution in [3.63, 3.8) is 0 Å². The van der Waals surface area contributed by atoms with Crippen LogP contribution in [0.1, 0.15) is 24.8 Å². The number of halogens is 1. The Morgan fingerprint density at radius 1 is 1.29 bits per heavy atom. The Balaban J connectivity index is 1.69. The van der Waals surface area contributed by atoms with Crippen LogP contribution in [0.3, 0.4) is 0 Å². The molecule has 0 aliphatic heterocycles. The van der Waals surface area contributed by atoms with E-state index in [0.717, 1.165) is 17.4 Å². The maximum atomic E-state index is 13.6. The van der Waals surface area contributed by atoms with Crippen molar-refractivity contribution in [2.75, 3.05) is 0 Å². The number of nitrogens with two attached hydrogens (primary N) is 1. The maximum absolute atomic E-state index is 13.6. The molecule has 2 aliphatic carbocycles. The minimum Gasteiger partial charge on any atom is -0.271 e. The highest BCUT2D eigenvalue weighted by molar-refractivity contribution is 5.20. The lowest BCUT2D eigenvalue weighted by molar-refractivity contribution is 0.405. The molecule has 0 bridgehead atoms. The summed E-state index contributed by atoms with van der Waals surface area (Å²) in [5.41, 5.74) is 3.68. The van der Waals surface area contributed by atoms with E-state index in [9.17, 15) is 4.39 Å². The standard InChI is InChI=1S/C14H19FN2/c15-12-7-2-1-4-9(12)8-13(17-16)14-10-5-3-6-11(10)14/h1-2,4,7,10-11,13-14,17H,3,5-6,8,16H2. The largest absolute Gasteiger partial charge is 0.271 e. The number of benzene rings is 1. The fourth-order valence-corrected chi connectivity index (χ4v) is 3.68. The summed E-state index contributed by atoms with van der Waals surface area (Å²) in [7, 11) is 0. The Labute approximate surface area is 101 Å². The van der Waals surface area contributed by atoms with Crippen molar-refractivity contribution in [1.82, 2.24) is 5.43 Å². The van der Waals surface area contributed by atoms with Gasteiger partial charge in [0.05, 0.1) is 0 Å². The van der Waals surface area contributed by atoms with E-state index in [1.54, 1.807) is 6.07 Å². The molecule has 0 amide bonds. The lowest BCUT2D eigenvalue weighted by Gasteiger charge is -2.18. The molecule has 17 heavy (non-hydrogen) atoms. The smallest absolute Gasteiger partial charge is 0.126 e. The molecule has 0 heterocycles. The molecule has 2 fully saturated rings. The Morgan fingerprint density at radius 3 is 2.65 bits per heavy atom. The van der Waals surface area contributed by atoms with E-state index in [1.807, 2.05) is 12.1 Å². The van der Waals surface area contributed by atoms with Crippen LogP contribution in [0.25, 0.3) is 0 Å². The summed E-state index contributed by atoms with van der Waals surface area (Å²) in [6.07, 6.45) is 4.75. The van der Waals surface area contributed by atoms with Crippen LogP contribution < -0.4 is 11.3 Å². The number of hydrogen-bond donors (Lipinski definition) is 2. The van der Waals surface area contributed by atoms with Crippen LogP contribution in [0.2, 0.25) is 0 Å². The van der Waals surface area contributed by atoms with Crippen molar-refractivity contribution < 1.29 is 4.39 Å². The summed E-state index contributed by atoms with van der Waals surface area (Å²) in [6.45, 7) is 0. The minimum absolute atomic E-state index is 0.112. The van der Waals surface area contributed by atoms with Gasteiger partial charge in [0.1, 0.15) is 5.82 Å². The van der Waals surface area contributed by atoms with E-state index in [-0.39, 0.29) is 11.9 Å². The third kappa shape index (κ3) is 1.98. The fourth-order valence-electron chi connectivity index (χ4n) is 3.68. The van der Waals surface area contributed by atoms with Crippen LogP contribution >= 0.6 is 0 Å². The van der Waals surface area contributed by atoms with Crippen LogP contribution in [-0.2, 0) is 6.42 Å². The zero-order valence-corrected chi connectivity index (χ0v) is 9.90. The summed E-state index contributed by atoms with van der Waals surface area (Å²) < 4.78 is 13.6. The maximum Gasteiger partial charge on any atom is 0.126 e. The molecule has 1 aromatic rings. The lowest BCUT2D eigenvalue weighted by atomic mass is 9.97. The first-order valence-electron chi connectivity index (χ1n) is 6.51. The van der Waals surface area contributed by atoms with Crippen molar-refractivity contribution >= 4 is 0 Å². The van der Waals surface area contributed by atoms with E-state index in [0.29, 0.717) is 12.3 Å². The van der Waals surface area contributed by atoms with E-state index in [1.165, 1.54) is 25.3 Å². The monoisotopic (exact) mass is 234 g/mol. The number of hydrazine groups is 1. The second-order valence-corrected chi connectivity index (χ2v) is 5.40. The van der Waals surface area contributed by atoms with Crippen LogP contribution in [0.15, 0.2) is 24.3 Å². The molecular weight excluding hydrogens is 215 g/mol. The third-order valence-corrected chi connectivity index (χ3v) is 4.55. The quantitative estimate of drug-likeness (QED) is 0.619. The average molecular weight is 234 g/mol. The molecule has 2 nitrogen and oxygen atoms in total. The van der Waals surface area contributed by atoms with Crippen molar-refractivity contribution in [1.29, 1.82) is 0 Å². The SMILES string of the molecule is NNC(Cc1ccccc1F)C1C2CCCC21. The Bertz CT molecular complexity index is 397. The topological polar surface area (TPSA) is 38.0 Å². The molecular formula is C14H19FN2. The summed E-state index contributed by atoms with van der Waals surface area (Å²) >= 11 is 0. The van der Waals surface area contributed by atoms with Gasteiger partial charge in [-0.3, -0.25) is 11.3 Å². The van der Waals surface area contributed by atoms with E-state index in [2.05, 4.69) is 5.43 Å². The molecule has 3 atom stereocenters. The first kappa shape index (κ1) is 11.2. The van der Waals surface area contributed by atoms with Gasteiger partial charge in [-0.2, -0.15) is 0 Å². The molecule has 92 valence electrons. The van der Waals surface area contributed by atoms with Gasteiger partial charge in [0.2, 0.25) is 0 Å². The second kappa shape index (κ2) is 4.39. The van der Waals surface area contributed by atoms with Gasteiger partial charge >= 0.3 is 0 Å². The van der Waals surface area contributed by atoms with Gasteiger partial charge < -0.3 is 0 Å². The van der Waals surface area contributed by atoms with Gasteiger partial charge in [-0.1, -0.05) is 24.6 Å². The van der Waals surface area contributed by atoms with Crippen molar-refractivity contribution in [2.45, 2.75) is 31.7 Å². The van der Waals surface area contributed by atoms with Crippen LogP contribution in [0.5, 0.6) is 0 Å². The van der Waals surface area contributed by atoms with Crippen LogP contribution in [-0.4, -0.2) is 6.04 Å². The minimum atomic E-state index is -0.112. The predicted molar refractivity (Wildman–Crippen MR) is 65.5 cm³/mol. The average Bonchev–Trinajstić information content (AvgIpc) is 2.82. The molecule has 3 N–H and O–H groups in total. The van der Waals surface area contributed by atoms with Crippen LogP contribution in [0.4, 0.5) is 4.39 Å². The molecule has 1 aromatic carbocycles. The highest BCUT2D eigenvalue weighted by Gasteiger charge is 2.55. The van der Waals surface area contributed by atoms with Crippen LogP contribution in [0, 0.1) is 23.6 Å². The molecule has 3 rings (SSSR count).